The van der Waals surface area contributed by atoms with Gasteiger partial charge in [-0.1, -0.05) is 39.8 Å². The largest absolute Gasteiger partial charge is 0.508 e. The number of aliphatic hydroxyl groups is 1. The highest BCUT2D eigenvalue weighted by Crippen LogP contribution is 2.23. The van der Waals surface area contributed by atoms with E-state index in [-0.39, 0.29) is 49.9 Å². The number of aromatic hydroxyl groups is 1. The lowest BCUT2D eigenvalue weighted by Crippen LogP contribution is -2.59. The first-order valence-electron chi connectivity index (χ1n) is 18.2. The number of phenolic OH excluding ortho intramolecular Hbond substituents is 1. The molecule has 286 valence electrons. The summed E-state index contributed by atoms with van der Waals surface area (Å²) >= 11 is 0. The minimum absolute atomic E-state index is 0.00730. The Morgan fingerprint density at radius 2 is 1.15 bits per heavy atom. The summed E-state index contributed by atoms with van der Waals surface area (Å²) in [5.41, 5.74) is 0.595. The van der Waals surface area contributed by atoms with Crippen molar-refractivity contribution >= 4 is 41.4 Å². The average molecular weight is 728 g/mol. The van der Waals surface area contributed by atoms with E-state index >= 15 is 0 Å². The van der Waals surface area contributed by atoms with Crippen LogP contribution >= 0.6 is 0 Å². The number of nitrogens with zero attached hydrogens (tertiary/aromatic N) is 2. The van der Waals surface area contributed by atoms with Crippen molar-refractivity contribution in [3.05, 3.63) is 29.8 Å². The fraction of sp³-hybridized carbons (Fsp3) is 0.639. The number of nitrogens with one attached hydrogen (secondary N) is 5. The van der Waals surface area contributed by atoms with Crippen LogP contribution in [0.15, 0.2) is 24.3 Å². The predicted molar refractivity (Wildman–Crippen MR) is 188 cm³/mol. The minimum atomic E-state index is -1.41. The molecule has 0 radical (unpaired) electrons. The van der Waals surface area contributed by atoms with Crippen LogP contribution < -0.4 is 26.6 Å². The molecule has 7 amide bonds. The van der Waals surface area contributed by atoms with Crippen molar-refractivity contribution < 1.29 is 43.8 Å². The Bertz CT molecular complexity index is 1480. The molecule has 1 aromatic carbocycles. The first-order chi connectivity index (χ1) is 24.7. The van der Waals surface area contributed by atoms with Gasteiger partial charge in [-0.3, -0.25) is 33.6 Å². The summed E-state index contributed by atoms with van der Waals surface area (Å²) < 4.78 is 0. The van der Waals surface area contributed by atoms with E-state index in [0.29, 0.717) is 31.2 Å². The van der Waals surface area contributed by atoms with E-state index in [4.69, 9.17) is 0 Å². The average Bonchev–Trinajstić information content (AvgIpc) is 3.79. The van der Waals surface area contributed by atoms with Crippen LogP contribution in [0.3, 0.4) is 0 Å². The summed E-state index contributed by atoms with van der Waals surface area (Å²) in [7, 11) is 0. The van der Waals surface area contributed by atoms with Crippen LogP contribution in [-0.2, 0) is 40.0 Å². The lowest BCUT2D eigenvalue weighted by molar-refractivity contribution is -0.143. The fourth-order valence-electron chi connectivity index (χ4n) is 7.01. The number of carbonyl (C=O) groups is 7. The van der Waals surface area contributed by atoms with Crippen LogP contribution in [0.2, 0.25) is 0 Å². The van der Waals surface area contributed by atoms with Crippen LogP contribution in [0.25, 0.3) is 0 Å². The highest BCUT2D eigenvalue weighted by Gasteiger charge is 2.42. The van der Waals surface area contributed by atoms with Crippen molar-refractivity contribution in [3.63, 3.8) is 0 Å². The number of aliphatic hydroxyl groups excluding tert-OH is 1. The third-order valence-electron chi connectivity index (χ3n) is 9.59. The molecule has 3 aliphatic heterocycles. The van der Waals surface area contributed by atoms with E-state index in [1.807, 2.05) is 27.7 Å². The summed E-state index contributed by atoms with van der Waals surface area (Å²) in [6, 6.07) is -0.529. The zero-order valence-electron chi connectivity index (χ0n) is 30.4. The van der Waals surface area contributed by atoms with Gasteiger partial charge in [-0.25, -0.2) is 0 Å². The SMILES string of the molecule is CC(C)CC1NC(=O)C2CCCN2C(=O)C(CO)NC(=O)CNC(=O)C(Cc2ccc(O)cc2)NC(=O)C2CCCN2C(=O)C(CC(C)C)NC1=O. The highest BCUT2D eigenvalue weighted by molar-refractivity contribution is 5.98. The second-order valence-corrected chi connectivity index (χ2v) is 14.7. The summed E-state index contributed by atoms with van der Waals surface area (Å²) in [6.45, 7) is 6.64. The van der Waals surface area contributed by atoms with Gasteiger partial charge in [0.2, 0.25) is 41.4 Å². The van der Waals surface area contributed by atoms with Crippen LogP contribution in [0.5, 0.6) is 5.75 Å². The fourth-order valence-corrected chi connectivity index (χ4v) is 7.01. The second-order valence-electron chi connectivity index (χ2n) is 14.7. The molecule has 0 aliphatic carbocycles. The Morgan fingerprint density at radius 3 is 1.69 bits per heavy atom. The van der Waals surface area contributed by atoms with Crippen LogP contribution in [0, 0.1) is 11.8 Å². The lowest BCUT2D eigenvalue weighted by atomic mass is 9.99. The van der Waals surface area contributed by atoms with Gasteiger partial charge in [-0.15, -0.1) is 0 Å². The zero-order valence-corrected chi connectivity index (χ0v) is 30.4. The maximum Gasteiger partial charge on any atom is 0.248 e. The molecule has 0 spiro atoms. The standard InChI is InChI=1S/C36H53N7O9/c1-20(2)15-24-32(48)41-26(16-21(3)4)35(51)42-13-5-7-28(42)34(50)40-25(17-22-9-11-23(45)12-10-22)31(47)37-18-30(46)38-27(19-44)36(52)43-14-6-8-29(43)33(49)39-24/h9-12,20-21,24-29,44-45H,5-8,13-19H2,1-4H3,(H,37,47)(H,38,46)(H,39,49)(H,40,50)(H,41,48). The number of phenols is 1. The van der Waals surface area contributed by atoms with Gasteiger partial charge in [0.1, 0.15) is 42.0 Å². The molecule has 0 bridgehead atoms. The Kier molecular flexibility index (Phi) is 14.0. The van der Waals surface area contributed by atoms with Gasteiger partial charge < -0.3 is 46.6 Å². The second kappa shape index (κ2) is 18.2. The number of fused-ring (bicyclic) bond motifs is 2. The van der Waals surface area contributed by atoms with Gasteiger partial charge in [0, 0.05) is 19.5 Å². The molecular weight excluding hydrogens is 674 g/mol. The molecule has 3 heterocycles. The predicted octanol–water partition coefficient (Wildman–Crippen LogP) is -0.930. The van der Waals surface area contributed by atoms with Crippen LogP contribution in [0.1, 0.15) is 71.8 Å². The number of hydrogen-bond acceptors (Lipinski definition) is 9. The molecule has 3 aliphatic rings. The Morgan fingerprint density at radius 1 is 0.654 bits per heavy atom. The van der Waals surface area contributed by atoms with E-state index in [1.54, 1.807) is 12.1 Å². The van der Waals surface area contributed by atoms with Gasteiger partial charge in [0.25, 0.3) is 0 Å². The lowest BCUT2D eigenvalue weighted by Gasteiger charge is -2.32. The quantitative estimate of drug-likeness (QED) is 0.184. The zero-order chi connectivity index (χ0) is 38.1. The smallest absolute Gasteiger partial charge is 0.248 e. The van der Waals surface area contributed by atoms with Crippen molar-refractivity contribution in [2.45, 2.75) is 109 Å². The number of hydrogen-bond donors (Lipinski definition) is 7. The molecule has 0 aromatic heterocycles. The van der Waals surface area contributed by atoms with E-state index in [0.717, 1.165) is 0 Å². The van der Waals surface area contributed by atoms with E-state index in [2.05, 4.69) is 26.6 Å². The van der Waals surface area contributed by atoms with Gasteiger partial charge in [-0.05, 0) is 68.1 Å². The molecule has 6 unspecified atom stereocenters. The molecule has 4 rings (SSSR count). The Balaban J connectivity index is 1.69. The molecule has 3 saturated heterocycles. The van der Waals surface area contributed by atoms with E-state index in [9.17, 15) is 43.8 Å². The molecule has 0 saturated carbocycles. The third kappa shape index (κ3) is 10.4. The maximum absolute atomic E-state index is 14.1. The molecule has 16 heteroatoms. The van der Waals surface area contributed by atoms with Crippen molar-refractivity contribution in [3.8, 4) is 5.75 Å². The van der Waals surface area contributed by atoms with Gasteiger partial charge in [0.15, 0.2) is 0 Å². The summed E-state index contributed by atoms with van der Waals surface area (Å²) in [4.78, 5) is 98.2. The molecule has 7 N–H and O–H groups in total. The number of amides is 7. The minimum Gasteiger partial charge on any atom is -0.508 e. The first-order valence-corrected chi connectivity index (χ1v) is 18.2. The normalized spacial score (nSPS) is 27.3. The highest BCUT2D eigenvalue weighted by atomic mass is 16.3. The summed E-state index contributed by atoms with van der Waals surface area (Å²) in [5.74, 6) is -4.46. The third-order valence-corrected chi connectivity index (χ3v) is 9.59. The molecule has 52 heavy (non-hydrogen) atoms. The van der Waals surface area contributed by atoms with Gasteiger partial charge >= 0.3 is 0 Å². The Hall–Kier alpha value is -4.73. The molecule has 16 nitrogen and oxygen atoms in total. The van der Waals surface area contributed by atoms with Crippen molar-refractivity contribution in [2.24, 2.45) is 11.8 Å². The van der Waals surface area contributed by atoms with E-state index < -0.39 is 90.8 Å². The maximum atomic E-state index is 14.1. The molecule has 3 fully saturated rings. The topological polar surface area (TPSA) is 227 Å². The van der Waals surface area contributed by atoms with E-state index in [1.165, 1.54) is 21.9 Å². The number of rotatable bonds is 7. The van der Waals surface area contributed by atoms with Gasteiger partial charge in [0.05, 0.1) is 13.2 Å². The van der Waals surface area contributed by atoms with Crippen LogP contribution in [0.4, 0.5) is 0 Å². The van der Waals surface area contributed by atoms with Crippen molar-refractivity contribution in [2.75, 3.05) is 26.2 Å². The molecular formula is C36H53N7O9. The Labute approximate surface area is 303 Å². The summed E-state index contributed by atoms with van der Waals surface area (Å²) in [6.07, 6.45) is 2.09. The first kappa shape index (κ1) is 40.0. The number of carbonyl (C=O) groups excluding carboxylic acids is 7. The van der Waals surface area contributed by atoms with Crippen molar-refractivity contribution in [1.29, 1.82) is 0 Å². The molecule has 1 aromatic rings. The molecule has 6 atom stereocenters. The van der Waals surface area contributed by atoms with Crippen molar-refractivity contribution in [1.82, 2.24) is 36.4 Å². The summed E-state index contributed by atoms with van der Waals surface area (Å²) in [5, 5.41) is 33.1. The van der Waals surface area contributed by atoms with Crippen LogP contribution in [-0.4, -0.2) is 124 Å². The monoisotopic (exact) mass is 727 g/mol. The van der Waals surface area contributed by atoms with Gasteiger partial charge in [-0.2, -0.15) is 0 Å². The number of benzene rings is 1.